The summed E-state index contributed by atoms with van der Waals surface area (Å²) in [6.45, 7) is 1.56. The maximum absolute atomic E-state index is 13.1. The smallest absolute Gasteiger partial charge is 0.394 e. The van der Waals surface area contributed by atoms with Crippen LogP contribution < -0.4 is 16.2 Å². The largest absolute Gasteiger partial charge is 0.416 e. The molecule has 0 atom stereocenters. The Kier molecular flexibility index (Phi) is 8.03. The molecule has 0 aliphatic rings. The molecule has 0 aliphatic carbocycles. The van der Waals surface area contributed by atoms with E-state index in [0.717, 1.165) is 16.7 Å². The van der Waals surface area contributed by atoms with Gasteiger partial charge in [0.25, 0.3) is 11.5 Å². The highest BCUT2D eigenvalue weighted by Gasteiger charge is 2.30. The van der Waals surface area contributed by atoms with E-state index in [0.29, 0.717) is 11.3 Å². The number of alkyl halides is 3. The number of carbonyl (C=O) groups excluding carboxylic acids is 1. The molecule has 0 spiro atoms. The maximum atomic E-state index is 13.1. The monoisotopic (exact) mass is 519 g/mol. The first kappa shape index (κ1) is 26.7. The van der Waals surface area contributed by atoms with Crippen molar-refractivity contribution in [3.63, 3.8) is 0 Å². The molecule has 2 aromatic carbocycles. The minimum atomic E-state index is -4.58. The first-order valence-corrected chi connectivity index (χ1v) is 12.4. The predicted molar refractivity (Wildman–Crippen MR) is 130 cm³/mol. The van der Waals surface area contributed by atoms with Crippen LogP contribution in [0.15, 0.2) is 82.6 Å². The molecule has 7 nitrogen and oxygen atoms in total. The van der Waals surface area contributed by atoms with Gasteiger partial charge < -0.3 is 10.6 Å². The fourth-order valence-electron chi connectivity index (χ4n) is 3.43. The summed E-state index contributed by atoms with van der Waals surface area (Å²) in [6, 6.07) is 13.0. The number of nitrogens with one attached hydrogen (secondary N) is 2. The van der Waals surface area contributed by atoms with Gasteiger partial charge in [0.15, 0.2) is 9.84 Å². The molecule has 3 rings (SSSR count). The van der Waals surface area contributed by atoms with Gasteiger partial charge in [0.1, 0.15) is 5.56 Å². The Balaban J connectivity index is 1.79. The average Bonchev–Trinajstić information content (AvgIpc) is 2.83. The topological polar surface area (TPSA) is 97.3 Å². The quantitative estimate of drug-likeness (QED) is 0.474. The Bertz CT molecular complexity index is 1440. The zero-order valence-electron chi connectivity index (χ0n) is 19.5. The van der Waals surface area contributed by atoms with Crippen LogP contribution in [0.3, 0.4) is 0 Å². The number of nitrogens with zero attached hydrogens (tertiary/aromatic N) is 1. The highest BCUT2D eigenvalue weighted by molar-refractivity contribution is 7.91. The van der Waals surface area contributed by atoms with Crippen molar-refractivity contribution in [2.24, 2.45) is 0 Å². The lowest BCUT2D eigenvalue weighted by Gasteiger charge is -2.14. The van der Waals surface area contributed by atoms with Crippen LogP contribution in [0.25, 0.3) is 5.69 Å². The van der Waals surface area contributed by atoms with E-state index in [9.17, 15) is 31.2 Å². The number of hydrogen-bond donors (Lipinski definition) is 2. The van der Waals surface area contributed by atoms with Crippen molar-refractivity contribution in [2.45, 2.75) is 24.5 Å². The van der Waals surface area contributed by atoms with E-state index in [-0.39, 0.29) is 28.4 Å². The summed E-state index contributed by atoms with van der Waals surface area (Å²) >= 11 is 0. The Morgan fingerprint density at radius 2 is 1.75 bits per heavy atom. The zero-order valence-corrected chi connectivity index (χ0v) is 20.3. The van der Waals surface area contributed by atoms with Gasteiger partial charge in [-0.3, -0.25) is 14.2 Å². The third-order valence-electron chi connectivity index (χ3n) is 5.29. The number of carbonyl (C=O) groups is 1. The number of sulfone groups is 1. The van der Waals surface area contributed by atoms with E-state index in [1.54, 1.807) is 26.1 Å². The molecule has 0 fully saturated rings. The van der Waals surface area contributed by atoms with Gasteiger partial charge in [0.05, 0.1) is 16.2 Å². The van der Waals surface area contributed by atoms with Gasteiger partial charge in [-0.1, -0.05) is 24.3 Å². The minimum absolute atomic E-state index is 0.00962. The lowest BCUT2D eigenvalue weighted by molar-refractivity contribution is -0.137. The third-order valence-corrected chi connectivity index (χ3v) is 6.91. The summed E-state index contributed by atoms with van der Waals surface area (Å²) < 4.78 is 65.0. The summed E-state index contributed by atoms with van der Waals surface area (Å²) in [6.07, 6.45) is -1.58. The van der Waals surface area contributed by atoms with E-state index in [4.69, 9.17) is 0 Å². The molecule has 0 aliphatic heterocycles. The van der Waals surface area contributed by atoms with Gasteiger partial charge in [-0.25, -0.2) is 8.42 Å². The number of hydrogen-bond acceptors (Lipinski definition) is 5. The van der Waals surface area contributed by atoms with E-state index in [2.05, 4.69) is 10.6 Å². The van der Waals surface area contributed by atoms with Crippen molar-refractivity contribution < 1.29 is 26.4 Å². The predicted octanol–water partition coefficient (Wildman–Crippen LogP) is 3.60. The number of rotatable bonds is 8. The van der Waals surface area contributed by atoms with Crippen LogP contribution in [0.5, 0.6) is 0 Å². The van der Waals surface area contributed by atoms with Crippen molar-refractivity contribution >= 4 is 15.7 Å². The van der Waals surface area contributed by atoms with E-state index < -0.39 is 33.0 Å². The van der Waals surface area contributed by atoms with Crippen LogP contribution in [0.1, 0.15) is 27.2 Å². The Hall–Kier alpha value is -3.86. The number of pyridine rings is 1. The zero-order chi connectivity index (χ0) is 26.5. The van der Waals surface area contributed by atoms with Crippen LogP contribution in [0.4, 0.5) is 13.2 Å². The molecule has 0 radical (unpaired) electrons. The van der Waals surface area contributed by atoms with Gasteiger partial charge in [-0.15, -0.1) is 0 Å². The molecule has 0 saturated heterocycles. The number of halogens is 3. The molecule has 2 N–H and O–H groups in total. The van der Waals surface area contributed by atoms with Crippen LogP contribution in [-0.4, -0.2) is 31.7 Å². The fourth-order valence-corrected chi connectivity index (χ4v) is 4.52. The van der Waals surface area contributed by atoms with Crippen LogP contribution >= 0.6 is 0 Å². The molecule has 36 heavy (non-hydrogen) atoms. The molecule has 1 amide bonds. The molecule has 190 valence electrons. The molecule has 1 aromatic heterocycles. The van der Waals surface area contributed by atoms with Crippen LogP contribution in [0, 0.1) is 6.92 Å². The van der Waals surface area contributed by atoms with Crippen molar-refractivity contribution in [1.82, 2.24) is 15.2 Å². The van der Waals surface area contributed by atoms with Gasteiger partial charge >= 0.3 is 6.18 Å². The molecule has 0 bridgehead atoms. The average molecular weight is 520 g/mol. The normalized spacial score (nSPS) is 12.0. The van der Waals surface area contributed by atoms with Gasteiger partial charge in [0, 0.05) is 25.0 Å². The van der Waals surface area contributed by atoms with E-state index >= 15 is 0 Å². The molecule has 1 heterocycles. The highest BCUT2D eigenvalue weighted by Crippen LogP contribution is 2.30. The molecular weight excluding hydrogens is 495 g/mol. The summed E-state index contributed by atoms with van der Waals surface area (Å²) in [5.74, 6) is -0.884. The number of benzene rings is 2. The summed E-state index contributed by atoms with van der Waals surface area (Å²) in [4.78, 5) is 25.9. The molecule has 3 aromatic rings. The standard InChI is InChI=1S/C25H24F3N3O4S/c1-17-7-12-22(24(33)31(17)20-6-3-5-19(15-20)25(26,27)28)23(32)30-16-18-8-10-21(11-9-18)36(34,35)14-4-13-29-2/h3-13,15,29H,14,16H2,1-2H3,(H,30,32). The second-order valence-electron chi connectivity index (χ2n) is 7.88. The third kappa shape index (κ3) is 6.22. The van der Waals surface area contributed by atoms with Crippen molar-refractivity contribution in [3.8, 4) is 5.69 Å². The number of aryl methyl sites for hydroxylation is 1. The first-order chi connectivity index (χ1) is 16.9. The molecule has 0 saturated carbocycles. The van der Waals surface area contributed by atoms with Gasteiger partial charge in [-0.05, 0) is 61.2 Å². The minimum Gasteiger partial charge on any atom is -0.394 e. The van der Waals surface area contributed by atoms with Crippen molar-refractivity contribution in [2.75, 3.05) is 12.8 Å². The summed E-state index contributed by atoms with van der Waals surface area (Å²) in [5, 5.41) is 5.30. The second kappa shape index (κ2) is 10.8. The van der Waals surface area contributed by atoms with E-state index in [1.165, 1.54) is 48.7 Å². The first-order valence-electron chi connectivity index (χ1n) is 10.8. The summed E-state index contributed by atoms with van der Waals surface area (Å²) in [7, 11) is -1.85. The Labute approximate surface area is 206 Å². The van der Waals surface area contributed by atoms with Gasteiger partial charge in [-0.2, -0.15) is 13.2 Å². The lowest BCUT2D eigenvalue weighted by Crippen LogP contribution is -2.33. The number of aromatic nitrogens is 1. The summed E-state index contributed by atoms with van der Waals surface area (Å²) in [5.41, 5.74) is -0.972. The Morgan fingerprint density at radius 1 is 1.06 bits per heavy atom. The SMILES string of the molecule is CNC=CCS(=O)(=O)c1ccc(CNC(=O)c2ccc(C)n(-c3cccc(C(F)(F)F)c3)c2=O)cc1. The number of amides is 1. The maximum Gasteiger partial charge on any atom is 0.416 e. The molecular formula is C25H24F3N3O4S. The van der Waals surface area contributed by atoms with Crippen LogP contribution in [-0.2, 0) is 22.6 Å². The molecule has 11 heteroatoms. The van der Waals surface area contributed by atoms with E-state index in [1.807, 2.05) is 0 Å². The van der Waals surface area contributed by atoms with Crippen LogP contribution in [0.2, 0.25) is 0 Å². The Morgan fingerprint density at radius 3 is 2.39 bits per heavy atom. The highest BCUT2D eigenvalue weighted by atomic mass is 32.2. The van der Waals surface area contributed by atoms with Gasteiger partial charge in [0.2, 0.25) is 0 Å². The fraction of sp³-hybridized carbons (Fsp3) is 0.200. The van der Waals surface area contributed by atoms with Crippen molar-refractivity contribution in [3.05, 3.63) is 106 Å². The second-order valence-corrected chi connectivity index (χ2v) is 9.91. The van der Waals surface area contributed by atoms with Crippen molar-refractivity contribution in [1.29, 1.82) is 0 Å². The lowest BCUT2D eigenvalue weighted by atomic mass is 10.1. The molecule has 0 unspecified atom stereocenters.